The minimum absolute atomic E-state index is 0.0864. The van der Waals surface area contributed by atoms with Crippen molar-refractivity contribution in [2.45, 2.75) is 10.9 Å². The smallest absolute Gasteiger partial charge is 0.339 e. The Kier molecular flexibility index (Phi) is 3.70. The van der Waals surface area contributed by atoms with Crippen LogP contribution in [0.15, 0.2) is 32.9 Å². The van der Waals surface area contributed by atoms with Crippen LogP contribution in [0.5, 0.6) is 0 Å². The molecule has 0 atom stereocenters. The van der Waals surface area contributed by atoms with Gasteiger partial charge in [0, 0.05) is 12.8 Å². The zero-order valence-corrected chi connectivity index (χ0v) is 10.8. The predicted molar refractivity (Wildman–Crippen MR) is 70.5 cm³/mol. The van der Waals surface area contributed by atoms with Crippen LogP contribution in [0, 0.1) is 5.82 Å². The zero-order valence-electron chi connectivity index (χ0n) is 10.0. The molecule has 3 N–H and O–H groups in total. The molecule has 0 saturated heterocycles. The van der Waals surface area contributed by atoms with Crippen LogP contribution in [-0.2, 0) is 12.8 Å². The first kappa shape index (κ1) is 13.3. The van der Waals surface area contributed by atoms with E-state index in [9.17, 15) is 14.0 Å². The van der Waals surface area contributed by atoms with Crippen molar-refractivity contribution in [3.8, 4) is 0 Å². The monoisotopic (exact) mass is 282 g/mol. The summed E-state index contributed by atoms with van der Waals surface area (Å²) in [5.41, 5.74) is 4.55. The SMILES string of the molecule is Cn1[nH]c(=O)c(=O)nc1SCc1ccc(N)c(F)c1. The van der Waals surface area contributed by atoms with Crippen molar-refractivity contribution in [2.75, 3.05) is 5.73 Å². The number of nitrogens with zero attached hydrogens (tertiary/aromatic N) is 2. The van der Waals surface area contributed by atoms with Gasteiger partial charge in [-0.15, -0.1) is 0 Å². The minimum atomic E-state index is -0.843. The molecule has 8 heteroatoms. The van der Waals surface area contributed by atoms with Gasteiger partial charge in [0.2, 0.25) is 0 Å². The van der Waals surface area contributed by atoms with Crippen molar-refractivity contribution >= 4 is 17.4 Å². The number of anilines is 1. The Balaban J connectivity index is 2.19. The Morgan fingerprint density at radius 3 is 2.89 bits per heavy atom. The van der Waals surface area contributed by atoms with Gasteiger partial charge in [-0.25, -0.2) is 4.39 Å². The number of halogens is 1. The molecule has 0 spiro atoms. The fourth-order valence-electron chi connectivity index (χ4n) is 1.40. The maximum Gasteiger partial charge on any atom is 0.339 e. The quantitative estimate of drug-likeness (QED) is 0.485. The second-order valence-electron chi connectivity index (χ2n) is 3.84. The van der Waals surface area contributed by atoms with E-state index in [1.54, 1.807) is 13.1 Å². The van der Waals surface area contributed by atoms with Gasteiger partial charge in [-0.1, -0.05) is 17.8 Å². The number of benzene rings is 1. The van der Waals surface area contributed by atoms with Gasteiger partial charge in [0.05, 0.1) is 5.69 Å². The first-order valence-corrected chi connectivity index (χ1v) is 6.30. The van der Waals surface area contributed by atoms with Crippen LogP contribution in [0.3, 0.4) is 0 Å². The molecule has 0 bridgehead atoms. The molecular weight excluding hydrogens is 271 g/mol. The summed E-state index contributed by atoms with van der Waals surface area (Å²) in [6.07, 6.45) is 0. The molecule has 19 heavy (non-hydrogen) atoms. The number of thioether (sulfide) groups is 1. The molecule has 0 aliphatic heterocycles. The lowest BCUT2D eigenvalue weighted by molar-refractivity contribution is 0.596. The van der Waals surface area contributed by atoms with E-state index >= 15 is 0 Å². The molecule has 100 valence electrons. The number of nitrogen functional groups attached to an aromatic ring is 1. The number of aromatic nitrogens is 3. The number of hydrogen-bond acceptors (Lipinski definition) is 5. The Bertz CT molecular complexity index is 725. The van der Waals surface area contributed by atoms with E-state index < -0.39 is 16.9 Å². The summed E-state index contributed by atoms with van der Waals surface area (Å²) < 4.78 is 14.6. The van der Waals surface area contributed by atoms with Crippen molar-refractivity contribution in [1.82, 2.24) is 14.8 Å². The topological polar surface area (TPSA) is 93.8 Å². The lowest BCUT2D eigenvalue weighted by Gasteiger charge is -2.06. The molecule has 0 aliphatic carbocycles. The van der Waals surface area contributed by atoms with Crippen LogP contribution >= 0.6 is 11.8 Å². The normalized spacial score (nSPS) is 10.6. The van der Waals surface area contributed by atoms with Crippen LogP contribution in [-0.4, -0.2) is 14.8 Å². The Labute approximate surface area is 111 Å². The van der Waals surface area contributed by atoms with Gasteiger partial charge in [-0.2, -0.15) is 4.98 Å². The second kappa shape index (κ2) is 5.27. The first-order chi connectivity index (χ1) is 8.97. The van der Waals surface area contributed by atoms with Crippen LogP contribution in [0.2, 0.25) is 0 Å². The van der Waals surface area contributed by atoms with Crippen LogP contribution in [0.4, 0.5) is 10.1 Å². The van der Waals surface area contributed by atoms with E-state index in [0.717, 1.165) is 0 Å². The lowest BCUT2D eigenvalue weighted by Crippen LogP contribution is -2.33. The number of hydrogen-bond donors (Lipinski definition) is 2. The summed E-state index contributed by atoms with van der Waals surface area (Å²) in [5.74, 6) is -0.0785. The van der Waals surface area contributed by atoms with Crippen molar-refractivity contribution in [2.24, 2.45) is 7.05 Å². The number of nitrogens with two attached hydrogens (primary N) is 1. The highest BCUT2D eigenvalue weighted by Crippen LogP contribution is 2.20. The summed E-state index contributed by atoms with van der Waals surface area (Å²) in [7, 11) is 1.57. The van der Waals surface area contributed by atoms with Gasteiger partial charge in [0.25, 0.3) is 0 Å². The highest BCUT2D eigenvalue weighted by atomic mass is 32.2. The van der Waals surface area contributed by atoms with Crippen molar-refractivity contribution in [3.05, 3.63) is 50.3 Å². The number of H-pyrrole nitrogens is 1. The van der Waals surface area contributed by atoms with Gasteiger partial charge in [0.1, 0.15) is 5.82 Å². The average molecular weight is 282 g/mol. The molecule has 1 heterocycles. The third-order valence-corrected chi connectivity index (χ3v) is 3.48. The molecule has 0 radical (unpaired) electrons. The summed E-state index contributed by atoms with van der Waals surface area (Å²) in [5, 5.41) is 2.68. The second-order valence-corrected chi connectivity index (χ2v) is 4.79. The Morgan fingerprint density at radius 1 is 1.47 bits per heavy atom. The maximum atomic E-state index is 13.2. The zero-order chi connectivity index (χ0) is 14.0. The summed E-state index contributed by atoms with van der Waals surface area (Å²) >= 11 is 1.21. The van der Waals surface area contributed by atoms with Gasteiger partial charge in [-0.3, -0.25) is 19.4 Å². The van der Waals surface area contributed by atoms with Gasteiger partial charge >= 0.3 is 11.1 Å². The van der Waals surface area contributed by atoms with Gasteiger partial charge in [0.15, 0.2) is 5.16 Å². The molecule has 0 fully saturated rings. The molecule has 0 aliphatic rings. The molecule has 1 aromatic heterocycles. The van der Waals surface area contributed by atoms with E-state index in [0.29, 0.717) is 16.5 Å². The maximum absolute atomic E-state index is 13.2. The van der Waals surface area contributed by atoms with Crippen molar-refractivity contribution in [1.29, 1.82) is 0 Å². The molecular formula is C11H11FN4O2S. The van der Waals surface area contributed by atoms with Crippen LogP contribution in [0.25, 0.3) is 0 Å². The number of rotatable bonds is 3. The molecule has 0 amide bonds. The third-order valence-electron chi connectivity index (χ3n) is 2.38. The number of aromatic amines is 1. The first-order valence-electron chi connectivity index (χ1n) is 5.31. The van der Waals surface area contributed by atoms with E-state index in [2.05, 4.69) is 10.1 Å². The standard InChI is InChI=1S/C11H11FN4O2S/c1-16-11(14-9(17)10(18)15-16)19-5-6-2-3-8(13)7(12)4-6/h2-4H,5,13H2,1H3,(H,15,18). The molecule has 0 saturated carbocycles. The van der Waals surface area contributed by atoms with Crippen LogP contribution in [0.1, 0.15) is 5.56 Å². The highest BCUT2D eigenvalue weighted by Gasteiger charge is 2.06. The Morgan fingerprint density at radius 2 is 2.21 bits per heavy atom. The predicted octanol–water partition coefficient (Wildman–Crippen LogP) is 0.482. The van der Waals surface area contributed by atoms with E-state index in [1.807, 2.05) is 0 Å². The highest BCUT2D eigenvalue weighted by molar-refractivity contribution is 7.98. The molecule has 2 rings (SSSR count). The van der Waals surface area contributed by atoms with Gasteiger partial charge in [-0.05, 0) is 17.7 Å². The molecule has 2 aromatic rings. The lowest BCUT2D eigenvalue weighted by atomic mass is 10.2. The van der Waals surface area contributed by atoms with E-state index in [4.69, 9.17) is 5.73 Å². The van der Waals surface area contributed by atoms with Gasteiger partial charge < -0.3 is 5.73 Å². The largest absolute Gasteiger partial charge is 0.396 e. The average Bonchev–Trinajstić information content (AvgIpc) is 2.36. The van der Waals surface area contributed by atoms with E-state index in [1.165, 1.54) is 28.6 Å². The summed E-state index contributed by atoms with van der Waals surface area (Å²) in [6, 6.07) is 4.49. The third kappa shape index (κ3) is 3.02. The van der Waals surface area contributed by atoms with Crippen molar-refractivity contribution in [3.63, 3.8) is 0 Å². The minimum Gasteiger partial charge on any atom is -0.396 e. The molecule has 0 unspecified atom stereocenters. The van der Waals surface area contributed by atoms with Crippen LogP contribution < -0.4 is 16.9 Å². The Hall–Kier alpha value is -2.09. The number of aryl methyl sites for hydroxylation is 1. The number of nitrogens with one attached hydrogen (secondary N) is 1. The fraction of sp³-hybridized carbons (Fsp3) is 0.182. The summed E-state index contributed by atoms with van der Waals surface area (Å²) in [6.45, 7) is 0. The van der Waals surface area contributed by atoms with E-state index in [-0.39, 0.29) is 5.69 Å². The van der Waals surface area contributed by atoms with Crippen molar-refractivity contribution < 1.29 is 4.39 Å². The summed E-state index contributed by atoms with van der Waals surface area (Å²) in [4.78, 5) is 25.8. The fourth-order valence-corrected chi connectivity index (χ4v) is 2.26. The molecule has 6 nitrogen and oxygen atoms in total. The molecule has 1 aromatic carbocycles.